The van der Waals surface area contributed by atoms with E-state index in [1.54, 1.807) is 24.3 Å². The van der Waals surface area contributed by atoms with Crippen LogP contribution in [0.4, 0.5) is 4.39 Å². The molecule has 3 rings (SSSR count). The summed E-state index contributed by atoms with van der Waals surface area (Å²) >= 11 is 3.19. The van der Waals surface area contributed by atoms with Crippen molar-refractivity contribution in [3.8, 4) is 5.75 Å². The first-order chi connectivity index (χ1) is 11.6. The average Bonchev–Trinajstić information content (AvgIpc) is 2.59. The number of carbonyl (C=O) groups excluding carboxylic acids is 1. The van der Waals surface area contributed by atoms with E-state index in [0.717, 1.165) is 10.8 Å². The summed E-state index contributed by atoms with van der Waals surface area (Å²) < 4.78 is 25.0. The summed E-state index contributed by atoms with van der Waals surface area (Å²) in [6.07, 6.45) is 0. The number of hydrogen-bond acceptors (Lipinski definition) is 3. The van der Waals surface area contributed by atoms with Gasteiger partial charge in [-0.15, -0.1) is 0 Å². The summed E-state index contributed by atoms with van der Waals surface area (Å²) in [6.45, 7) is -0.145. The molecule has 0 radical (unpaired) electrons. The molecular formula is C19H14BrFO3. The maximum atomic E-state index is 13.8. The molecule has 3 nitrogen and oxygen atoms in total. The summed E-state index contributed by atoms with van der Waals surface area (Å²) in [5, 5.41) is 1.87. The lowest BCUT2D eigenvalue weighted by Gasteiger charge is -2.11. The van der Waals surface area contributed by atoms with E-state index < -0.39 is 11.8 Å². The van der Waals surface area contributed by atoms with E-state index in [-0.39, 0.29) is 6.61 Å². The molecule has 0 saturated carbocycles. The maximum Gasteiger partial charge on any atom is 0.342 e. The zero-order valence-electron chi connectivity index (χ0n) is 12.9. The summed E-state index contributed by atoms with van der Waals surface area (Å²) in [4.78, 5) is 12.4. The summed E-state index contributed by atoms with van der Waals surface area (Å²) in [5.41, 5.74) is 0.625. The summed E-state index contributed by atoms with van der Waals surface area (Å²) in [6, 6.07) is 15.7. The second kappa shape index (κ2) is 7.01. The van der Waals surface area contributed by atoms with Crippen LogP contribution in [0.5, 0.6) is 5.75 Å². The number of carbonyl (C=O) groups is 1. The number of benzene rings is 3. The lowest BCUT2D eigenvalue weighted by atomic mass is 10.1. The Hall–Kier alpha value is -2.40. The molecular weight excluding hydrogens is 375 g/mol. The Balaban J connectivity index is 1.85. The fraction of sp³-hybridized carbons (Fsp3) is 0.105. The van der Waals surface area contributed by atoms with E-state index in [9.17, 15) is 9.18 Å². The monoisotopic (exact) mass is 388 g/mol. The molecule has 0 aliphatic rings. The van der Waals surface area contributed by atoms with Crippen LogP contribution in [-0.2, 0) is 11.3 Å². The number of esters is 1. The molecule has 0 unspecified atom stereocenters. The Labute approximate surface area is 147 Å². The fourth-order valence-corrected chi connectivity index (χ4v) is 2.74. The molecule has 0 atom stereocenters. The largest absolute Gasteiger partial charge is 0.496 e. The van der Waals surface area contributed by atoms with Crippen molar-refractivity contribution in [2.24, 2.45) is 0 Å². The van der Waals surface area contributed by atoms with Crippen molar-refractivity contribution in [3.63, 3.8) is 0 Å². The first-order valence-corrected chi connectivity index (χ1v) is 8.05. The highest BCUT2D eigenvalue weighted by Gasteiger charge is 2.16. The second-order valence-corrected chi connectivity index (χ2v) is 6.13. The van der Waals surface area contributed by atoms with Crippen LogP contribution in [0.3, 0.4) is 0 Å². The molecule has 0 aliphatic carbocycles. The average molecular weight is 389 g/mol. The third-order valence-electron chi connectivity index (χ3n) is 3.66. The van der Waals surface area contributed by atoms with Gasteiger partial charge in [0.05, 0.1) is 7.11 Å². The van der Waals surface area contributed by atoms with Gasteiger partial charge in [-0.2, -0.15) is 0 Å². The zero-order valence-corrected chi connectivity index (χ0v) is 14.5. The smallest absolute Gasteiger partial charge is 0.342 e. The number of methoxy groups -OCH3 is 1. The number of fused-ring (bicyclic) bond motifs is 1. The highest BCUT2D eigenvalue weighted by atomic mass is 79.9. The lowest BCUT2D eigenvalue weighted by Crippen LogP contribution is -2.08. The van der Waals surface area contributed by atoms with Crippen molar-refractivity contribution in [3.05, 3.63) is 76.0 Å². The minimum Gasteiger partial charge on any atom is -0.496 e. The van der Waals surface area contributed by atoms with E-state index in [2.05, 4.69) is 15.9 Å². The lowest BCUT2D eigenvalue weighted by molar-refractivity contribution is 0.0465. The van der Waals surface area contributed by atoms with Crippen molar-refractivity contribution in [1.29, 1.82) is 0 Å². The highest BCUT2D eigenvalue weighted by molar-refractivity contribution is 9.10. The minimum absolute atomic E-state index is 0.145. The molecule has 0 saturated heterocycles. The van der Waals surface area contributed by atoms with Gasteiger partial charge in [0.25, 0.3) is 0 Å². The predicted molar refractivity (Wildman–Crippen MR) is 93.7 cm³/mol. The standard InChI is InChI=1S/C19H14BrFO3/c1-23-18-9-13-5-3-2-4-12(13)8-16(18)19(22)24-11-14-6-7-15(20)10-17(14)21/h2-10H,11H2,1H3. The maximum absolute atomic E-state index is 13.8. The van der Waals surface area contributed by atoms with Gasteiger partial charge in [0, 0.05) is 10.0 Å². The van der Waals surface area contributed by atoms with E-state index >= 15 is 0 Å². The third kappa shape index (κ3) is 3.41. The highest BCUT2D eigenvalue weighted by Crippen LogP contribution is 2.27. The van der Waals surface area contributed by atoms with Crippen molar-refractivity contribution in [2.45, 2.75) is 6.61 Å². The Morgan fingerprint density at radius 1 is 1.08 bits per heavy atom. The Kier molecular flexibility index (Phi) is 4.81. The molecule has 0 aliphatic heterocycles. The summed E-state index contributed by atoms with van der Waals surface area (Å²) in [7, 11) is 1.50. The molecule has 3 aromatic rings. The summed E-state index contributed by atoms with van der Waals surface area (Å²) in [5.74, 6) is -0.558. The van der Waals surface area contributed by atoms with Crippen LogP contribution in [0.25, 0.3) is 10.8 Å². The molecule has 24 heavy (non-hydrogen) atoms. The number of hydrogen-bond donors (Lipinski definition) is 0. The first kappa shape index (κ1) is 16.5. The molecule has 0 aromatic heterocycles. The van der Waals surface area contributed by atoms with Gasteiger partial charge in [0.2, 0.25) is 0 Å². The van der Waals surface area contributed by atoms with Crippen molar-refractivity contribution < 1.29 is 18.7 Å². The van der Waals surface area contributed by atoms with E-state index in [4.69, 9.17) is 9.47 Å². The van der Waals surface area contributed by atoms with Gasteiger partial charge >= 0.3 is 5.97 Å². The number of halogens is 2. The van der Waals surface area contributed by atoms with Crippen molar-refractivity contribution in [1.82, 2.24) is 0 Å². The number of rotatable bonds is 4. The Bertz CT molecular complexity index is 908. The van der Waals surface area contributed by atoms with Gasteiger partial charge in [-0.1, -0.05) is 46.3 Å². The quantitative estimate of drug-likeness (QED) is 0.582. The van der Waals surface area contributed by atoms with E-state index in [1.165, 1.54) is 13.2 Å². The molecule has 0 N–H and O–H groups in total. The molecule has 0 amide bonds. The van der Waals surface area contributed by atoms with Crippen LogP contribution in [-0.4, -0.2) is 13.1 Å². The Morgan fingerprint density at radius 3 is 2.46 bits per heavy atom. The van der Waals surface area contributed by atoms with Crippen LogP contribution in [0.1, 0.15) is 15.9 Å². The van der Waals surface area contributed by atoms with Crippen LogP contribution in [0.15, 0.2) is 59.1 Å². The third-order valence-corrected chi connectivity index (χ3v) is 4.15. The van der Waals surface area contributed by atoms with Crippen LogP contribution >= 0.6 is 15.9 Å². The van der Waals surface area contributed by atoms with Gasteiger partial charge in [0.1, 0.15) is 23.7 Å². The van der Waals surface area contributed by atoms with Crippen LogP contribution in [0, 0.1) is 5.82 Å². The van der Waals surface area contributed by atoms with Crippen LogP contribution in [0.2, 0.25) is 0 Å². The van der Waals surface area contributed by atoms with Gasteiger partial charge in [-0.3, -0.25) is 0 Å². The molecule has 0 spiro atoms. The molecule has 0 bridgehead atoms. The zero-order chi connectivity index (χ0) is 17.1. The second-order valence-electron chi connectivity index (χ2n) is 5.21. The van der Waals surface area contributed by atoms with Crippen molar-refractivity contribution in [2.75, 3.05) is 7.11 Å². The number of ether oxygens (including phenoxy) is 2. The molecule has 0 heterocycles. The van der Waals surface area contributed by atoms with Gasteiger partial charge < -0.3 is 9.47 Å². The normalized spacial score (nSPS) is 10.6. The fourth-order valence-electron chi connectivity index (χ4n) is 2.41. The first-order valence-electron chi connectivity index (χ1n) is 7.26. The van der Waals surface area contributed by atoms with Crippen molar-refractivity contribution >= 4 is 32.7 Å². The SMILES string of the molecule is COc1cc2ccccc2cc1C(=O)OCc1ccc(Br)cc1F. The molecule has 3 aromatic carbocycles. The predicted octanol–water partition coefficient (Wildman–Crippen LogP) is 5.11. The van der Waals surface area contributed by atoms with Gasteiger partial charge in [-0.05, 0) is 35.0 Å². The van der Waals surface area contributed by atoms with Gasteiger partial charge in [0.15, 0.2) is 0 Å². The Morgan fingerprint density at radius 2 is 1.79 bits per heavy atom. The van der Waals surface area contributed by atoms with E-state index in [1.807, 2.05) is 24.3 Å². The molecule has 0 fully saturated rings. The molecule has 5 heteroatoms. The topological polar surface area (TPSA) is 35.5 Å². The molecule has 122 valence electrons. The van der Waals surface area contributed by atoms with Crippen LogP contribution < -0.4 is 4.74 Å². The van der Waals surface area contributed by atoms with Gasteiger partial charge in [-0.25, -0.2) is 9.18 Å². The minimum atomic E-state index is -0.556. The van der Waals surface area contributed by atoms with E-state index in [0.29, 0.717) is 21.3 Å².